The molecule has 4 heteroatoms. The van der Waals surface area contributed by atoms with Gasteiger partial charge in [-0.05, 0) is 50.8 Å². The molecule has 2 nitrogen and oxygen atoms in total. The predicted octanol–water partition coefficient (Wildman–Crippen LogP) is 2.42. The Balaban J connectivity index is 2.47. The molecule has 0 aliphatic heterocycles. The van der Waals surface area contributed by atoms with E-state index in [9.17, 15) is 13.6 Å². The van der Waals surface area contributed by atoms with Gasteiger partial charge in [0.2, 0.25) is 0 Å². The third-order valence-corrected chi connectivity index (χ3v) is 2.46. The Hall–Kier alpha value is -1.29. The average molecular weight is 241 g/mol. The van der Waals surface area contributed by atoms with Gasteiger partial charge < -0.3 is 4.90 Å². The van der Waals surface area contributed by atoms with E-state index >= 15 is 0 Å². The molecule has 17 heavy (non-hydrogen) atoms. The van der Waals surface area contributed by atoms with Crippen molar-refractivity contribution in [2.75, 3.05) is 20.6 Å². The lowest BCUT2D eigenvalue weighted by atomic mass is 10.0. The van der Waals surface area contributed by atoms with Gasteiger partial charge in [-0.15, -0.1) is 0 Å². The molecule has 0 radical (unpaired) electrons. The molecule has 94 valence electrons. The van der Waals surface area contributed by atoms with Gasteiger partial charge in [0, 0.05) is 12.8 Å². The van der Waals surface area contributed by atoms with Crippen LogP contribution in [0.5, 0.6) is 0 Å². The molecule has 0 aliphatic rings. The van der Waals surface area contributed by atoms with E-state index in [1.54, 1.807) is 0 Å². The van der Waals surface area contributed by atoms with Crippen molar-refractivity contribution in [1.29, 1.82) is 0 Å². The Morgan fingerprint density at radius 3 is 2.65 bits per heavy atom. The summed E-state index contributed by atoms with van der Waals surface area (Å²) >= 11 is 0. The Bertz CT molecular complexity index is 391. The monoisotopic (exact) mass is 241 g/mol. The van der Waals surface area contributed by atoms with Crippen molar-refractivity contribution in [1.82, 2.24) is 4.90 Å². The predicted molar refractivity (Wildman–Crippen MR) is 62.9 cm³/mol. The van der Waals surface area contributed by atoms with Crippen LogP contribution in [0.3, 0.4) is 0 Å². The van der Waals surface area contributed by atoms with Crippen molar-refractivity contribution in [2.24, 2.45) is 0 Å². The molecule has 0 amide bonds. The summed E-state index contributed by atoms with van der Waals surface area (Å²) in [6.07, 6.45) is 1.11. The lowest BCUT2D eigenvalue weighted by molar-refractivity contribution is -0.118. The van der Waals surface area contributed by atoms with Gasteiger partial charge in [-0.1, -0.05) is 0 Å². The lowest BCUT2D eigenvalue weighted by Crippen LogP contribution is -2.15. The van der Waals surface area contributed by atoms with Crippen LogP contribution >= 0.6 is 0 Å². The highest BCUT2D eigenvalue weighted by molar-refractivity contribution is 5.80. The van der Waals surface area contributed by atoms with Gasteiger partial charge in [0.05, 0.1) is 0 Å². The molecule has 1 rings (SSSR count). The molecule has 0 bridgehead atoms. The maximum atomic E-state index is 13.3. The maximum absolute atomic E-state index is 13.3. The van der Waals surface area contributed by atoms with Gasteiger partial charge >= 0.3 is 0 Å². The normalized spacial score (nSPS) is 10.9. The molecule has 0 saturated carbocycles. The van der Waals surface area contributed by atoms with Gasteiger partial charge in [-0.2, -0.15) is 0 Å². The second-order valence-corrected chi connectivity index (χ2v) is 4.36. The summed E-state index contributed by atoms with van der Waals surface area (Å²) in [7, 11) is 3.85. The second kappa shape index (κ2) is 6.45. The molecule has 0 heterocycles. The molecule has 0 unspecified atom stereocenters. The first-order valence-corrected chi connectivity index (χ1v) is 5.59. The second-order valence-electron chi connectivity index (χ2n) is 4.36. The molecule has 0 atom stereocenters. The Kier molecular flexibility index (Phi) is 5.22. The van der Waals surface area contributed by atoms with Crippen molar-refractivity contribution in [3.63, 3.8) is 0 Å². The molecule has 0 fully saturated rings. The fourth-order valence-electron chi connectivity index (χ4n) is 1.57. The summed E-state index contributed by atoms with van der Waals surface area (Å²) in [5.41, 5.74) is 0.139. The van der Waals surface area contributed by atoms with Crippen LogP contribution in [0.25, 0.3) is 0 Å². The minimum Gasteiger partial charge on any atom is -0.309 e. The highest BCUT2D eigenvalue weighted by atomic mass is 19.1. The number of Topliss-reactive ketones (excluding diaryl/α,β-unsaturated/α-hetero) is 1. The molecule has 0 aromatic heterocycles. The van der Waals surface area contributed by atoms with E-state index in [0.717, 1.165) is 31.2 Å². The van der Waals surface area contributed by atoms with Crippen LogP contribution in [0.4, 0.5) is 8.78 Å². The van der Waals surface area contributed by atoms with Crippen molar-refractivity contribution in [3.05, 3.63) is 35.4 Å². The van der Waals surface area contributed by atoms with Crippen LogP contribution in [0.15, 0.2) is 18.2 Å². The SMILES string of the molecule is CN(C)CCCC(=O)Cc1cc(F)ccc1F. The first-order valence-electron chi connectivity index (χ1n) is 5.59. The van der Waals surface area contributed by atoms with E-state index in [0.29, 0.717) is 6.42 Å². The Morgan fingerprint density at radius 1 is 1.29 bits per heavy atom. The molecule has 1 aromatic rings. The van der Waals surface area contributed by atoms with E-state index in [1.807, 2.05) is 19.0 Å². The zero-order chi connectivity index (χ0) is 12.8. The van der Waals surface area contributed by atoms with Crippen molar-refractivity contribution in [2.45, 2.75) is 19.3 Å². The molecule has 0 aliphatic carbocycles. The van der Waals surface area contributed by atoms with Crippen molar-refractivity contribution in [3.8, 4) is 0 Å². The number of carbonyl (C=O) groups is 1. The van der Waals surface area contributed by atoms with E-state index in [2.05, 4.69) is 0 Å². The molecule has 0 N–H and O–H groups in total. The minimum atomic E-state index is -0.521. The number of rotatable bonds is 6. The highest BCUT2D eigenvalue weighted by Crippen LogP contribution is 2.11. The van der Waals surface area contributed by atoms with E-state index in [-0.39, 0.29) is 17.8 Å². The number of ketones is 1. The fourth-order valence-corrected chi connectivity index (χ4v) is 1.57. The highest BCUT2D eigenvalue weighted by Gasteiger charge is 2.09. The topological polar surface area (TPSA) is 20.3 Å². The maximum Gasteiger partial charge on any atom is 0.137 e. The van der Waals surface area contributed by atoms with Gasteiger partial charge in [0.1, 0.15) is 17.4 Å². The van der Waals surface area contributed by atoms with Crippen LogP contribution in [0.1, 0.15) is 18.4 Å². The standard InChI is InChI=1S/C13H17F2NO/c1-16(2)7-3-4-12(17)9-10-8-11(14)5-6-13(10)15/h5-6,8H,3-4,7,9H2,1-2H3. The van der Waals surface area contributed by atoms with Crippen molar-refractivity contribution < 1.29 is 13.6 Å². The summed E-state index contributed by atoms with van der Waals surface area (Å²) < 4.78 is 26.1. The van der Waals surface area contributed by atoms with Gasteiger partial charge in [-0.3, -0.25) is 4.79 Å². The number of halogens is 2. The summed E-state index contributed by atoms with van der Waals surface area (Å²) in [4.78, 5) is 13.5. The molecular weight excluding hydrogens is 224 g/mol. The largest absolute Gasteiger partial charge is 0.309 e. The first kappa shape index (κ1) is 13.8. The van der Waals surface area contributed by atoms with Crippen LogP contribution in [0, 0.1) is 11.6 Å². The first-order chi connectivity index (χ1) is 7.99. The van der Waals surface area contributed by atoms with E-state index < -0.39 is 11.6 Å². The summed E-state index contributed by atoms with van der Waals surface area (Å²) in [5.74, 6) is -1.09. The van der Waals surface area contributed by atoms with E-state index in [4.69, 9.17) is 0 Å². The van der Waals surface area contributed by atoms with Crippen molar-refractivity contribution >= 4 is 5.78 Å². The number of nitrogens with zero attached hydrogens (tertiary/aromatic N) is 1. The van der Waals surface area contributed by atoms with Crippen LogP contribution < -0.4 is 0 Å². The number of hydrogen-bond acceptors (Lipinski definition) is 2. The zero-order valence-electron chi connectivity index (χ0n) is 10.2. The number of benzene rings is 1. The van der Waals surface area contributed by atoms with Crippen LogP contribution in [-0.4, -0.2) is 31.3 Å². The van der Waals surface area contributed by atoms with Gasteiger partial charge in [0.25, 0.3) is 0 Å². The summed E-state index contributed by atoms with van der Waals surface area (Å²) in [6, 6.07) is 3.19. The summed E-state index contributed by atoms with van der Waals surface area (Å²) in [5, 5.41) is 0. The molecule has 0 saturated heterocycles. The molecular formula is C13H17F2NO. The van der Waals surface area contributed by atoms with Gasteiger partial charge in [-0.25, -0.2) is 8.78 Å². The lowest BCUT2D eigenvalue weighted by Gasteiger charge is -2.08. The molecule has 0 spiro atoms. The molecule has 1 aromatic carbocycles. The quantitative estimate of drug-likeness (QED) is 0.762. The third kappa shape index (κ3) is 5.04. The third-order valence-electron chi connectivity index (χ3n) is 2.46. The Morgan fingerprint density at radius 2 is 2.00 bits per heavy atom. The fraction of sp³-hybridized carbons (Fsp3) is 0.462. The van der Waals surface area contributed by atoms with Gasteiger partial charge in [0.15, 0.2) is 0 Å². The van der Waals surface area contributed by atoms with Crippen LogP contribution in [-0.2, 0) is 11.2 Å². The number of hydrogen-bond donors (Lipinski definition) is 0. The Labute approximate surface area is 100 Å². The number of carbonyl (C=O) groups excluding carboxylic acids is 1. The van der Waals surface area contributed by atoms with Crippen LogP contribution in [0.2, 0.25) is 0 Å². The zero-order valence-corrected chi connectivity index (χ0v) is 10.2. The minimum absolute atomic E-state index is 0.0307. The van der Waals surface area contributed by atoms with E-state index in [1.165, 1.54) is 0 Å². The summed E-state index contributed by atoms with van der Waals surface area (Å²) in [6.45, 7) is 0.817. The smallest absolute Gasteiger partial charge is 0.137 e. The average Bonchev–Trinajstić information content (AvgIpc) is 2.23.